The van der Waals surface area contributed by atoms with Crippen LogP contribution in [0.2, 0.25) is 0 Å². The number of benzene rings is 1. The quantitative estimate of drug-likeness (QED) is 0.865. The first-order valence-corrected chi connectivity index (χ1v) is 7.99. The summed E-state index contributed by atoms with van der Waals surface area (Å²) in [6, 6.07) is 4.20. The summed E-state index contributed by atoms with van der Waals surface area (Å²) in [5.74, 6) is -2.22. The molecule has 0 saturated carbocycles. The van der Waals surface area contributed by atoms with E-state index in [0.717, 1.165) is 37.6 Å². The minimum absolute atomic E-state index is 0.0908. The summed E-state index contributed by atoms with van der Waals surface area (Å²) in [6.45, 7) is 2.21. The molecule has 0 bridgehead atoms. The van der Waals surface area contributed by atoms with Crippen molar-refractivity contribution >= 4 is 11.8 Å². The summed E-state index contributed by atoms with van der Waals surface area (Å²) in [4.78, 5) is 20.8. The number of nitrogens with zero attached hydrogens (tertiary/aromatic N) is 3. The van der Waals surface area contributed by atoms with Crippen LogP contribution in [0.1, 0.15) is 28.9 Å². The third-order valence-electron chi connectivity index (χ3n) is 4.20. The molecule has 0 atom stereocenters. The molecule has 1 saturated heterocycles. The summed E-state index contributed by atoms with van der Waals surface area (Å²) in [7, 11) is 0. The van der Waals surface area contributed by atoms with Gasteiger partial charge >= 0.3 is 5.97 Å². The summed E-state index contributed by atoms with van der Waals surface area (Å²) in [5, 5.41) is 12.1. The van der Waals surface area contributed by atoms with E-state index < -0.39 is 17.6 Å². The van der Waals surface area contributed by atoms with E-state index in [1.807, 2.05) is 0 Å². The molecule has 1 aliphatic heterocycles. The predicted molar refractivity (Wildman–Crippen MR) is 87.3 cm³/mol. The van der Waals surface area contributed by atoms with E-state index in [2.05, 4.69) is 20.2 Å². The average Bonchev–Trinajstić information content (AvgIpc) is 2.60. The molecule has 0 aliphatic carbocycles. The van der Waals surface area contributed by atoms with Gasteiger partial charge in [0.25, 0.3) is 0 Å². The summed E-state index contributed by atoms with van der Waals surface area (Å²) in [6.07, 6.45) is 4.37. The highest BCUT2D eigenvalue weighted by molar-refractivity contribution is 5.84. The normalized spacial score (nSPS) is 15.9. The minimum Gasteiger partial charge on any atom is -0.476 e. The Morgan fingerprint density at radius 1 is 1.20 bits per heavy atom. The molecule has 1 aromatic heterocycles. The molecule has 1 aromatic carbocycles. The lowest BCUT2D eigenvalue weighted by Gasteiger charge is -2.32. The molecule has 1 aliphatic rings. The van der Waals surface area contributed by atoms with Gasteiger partial charge in [0.15, 0.2) is 17.3 Å². The molecule has 2 N–H and O–H groups in total. The van der Waals surface area contributed by atoms with E-state index in [1.165, 1.54) is 18.5 Å². The number of carboxylic acid groups (broad SMARTS) is 1. The SMILES string of the molecule is O=C(O)c1cnc(NC2CCN(Cc3ccc(F)c(F)c3)CC2)cn1. The Kier molecular flexibility index (Phi) is 5.18. The van der Waals surface area contributed by atoms with Gasteiger partial charge in [0.2, 0.25) is 0 Å². The van der Waals surface area contributed by atoms with E-state index in [1.54, 1.807) is 6.07 Å². The first-order chi connectivity index (χ1) is 12.0. The Morgan fingerprint density at radius 2 is 1.96 bits per heavy atom. The number of hydrogen-bond donors (Lipinski definition) is 2. The third kappa shape index (κ3) is 4.48. The zero-order valence-electron chi connectivity index (χ0n) is 13.5. The number of halogens is 2. The van der Waals surface area contributed by atoms with Crippen LogP contribution >= 0.6 is 0 Å². The van der Waals surface area contributed by atoms with Crippen LogP contribution in [0, 0.1) is 11.6 Å². The molecule has 2 aromatic rings. The number of nitrogens with one attached hydrogen (secondary N) is 1. The minimum atomic E-state index is -1.11. The molecule has 3 rings (SSSR count). The largest absolute Gasteiger partial charge is 0.476 e. The Morgan fingerprint density at radius 3 is 2.56 bits per heavy atom. The van der Waals surface area contributed by atoms with Gasteiger partial charge in [0.1, 0.15) is 5.82 Å². The number of aromatic nitrogens is 2. The number of rotatable bonds is 5. The fourth-order valence-corrected chi connectivity index (χ4v) is 2.85. The fourth-order valence-electron chi connectivity index (χ4n) is 2.85. The Hall–Kier alpha value is -2.61. The highest BCUT2D eigenvalue weighted by atomic mass is 19.2. The number of carbonyl (C=O) groups is 1. The first kappa shape index (κ1) is 17.2. The Bertz CT molecular complexity index is 747. The second kappa shape index (κ2) is 7.52. The highest BCUT2D eigenvalue weighted by Gasteiger charge is 2.20. The van der Waals surface area contributed by atoms with E-state index in [4.69, 9.17) is 5.11 Å². The van der Waals surface area contributed by atoms with Crippen molar-refractivity contribution in [3.63, 3.8) is 0 Å². The van der Waals surface area contributed by atoms with Crippen LogP contribution in [0.3, 0.4) is 0 Å². The van der Waals surface area contributed by atoms with Crippen LogP contribution < -0.4 is 5.32 Å². The molecule has 0 unspecified atom stereocenters. The van der Waals surface area contributed by atoms with E-state index >= 15 is 0 Å². The van der Waals surface area contributed by atoms with Crippen molar-refractivity contribution < 1.29 is 18.7 Å². The first-order valence-electron chi connectivity index (χ1n) is 7.99. The zero-order chi connectivity index (χ0) is 17.8. The average molecular weight is 348 g/mol. The second-order valence-corrected chi connectivity index (χ2v) is 6.04. The van der Waals surface area contributed by atoms with E-state index in [9.17, 15) is 13.6 Å². The van der Waals surface area contributed by atoms with Crippen LogP contribution in [0.4, 0.5) is 14.6 Å². The maximum absolute atomic E-state index is 13.3. The lowest BCUT2D eigenvalue weighted by atomic mass is 10.0. The predicted octanol–water partition coefficient (Wildman–Crippen LogP) is 2.53. The lowest BCUT2D eigenvalue weighted by molar-refractivity contribution is 0.0690. The monoisotopic (exact) mass is 348 g/mol. The number of hydrogen-bond acceptors (Lipinski definition) is 5. The molecular weight excluding hydrogens is 330 g/mol. The standard InChI is InChI=1S/C17H18F2N4O2/c18-13-2-1-11(7-14(13)19)10-23-5-3-12(4-6-23)22-16-9-20-15(8-21-16)17(24)25/h1-2,7-9,12H,3-6,10H2,(H,21,22)(H,24,25). The van der Waals surface area contributed by atoms with Gasteiger partial charge in [-0.25, -0.2) is 23.5 Å². The van der Waals surface area contributed by atoms with Crippen LogP contribution in [0.5, 0.6) is 0 Å². The van der Waals surface area contributed by atoms with Crippen LogP contribution in [0.15, 0.2) is 30.6 Å². The van der Waals surface area contributed by atoms with Gasteiger partial charge in [-0.1, -0.05) is 6.07 Å². The van der Waals surface area contributed by atoms with Crippen molar-refractivity contribution in [1.29, 1.82) is 0 Å². The van der Waals surface area contributed by atoms with Gasteiger partial charge in [-0.15, -0.1) is 0 Å². The maximum atomic E-state index is 13.3. The molecule has 8 heteroatoms. The Labute approximate surface area is 143 Å². The number of piperidine rings is 1. The van der Waals surface area contributed by atoms with Gasteiger partial charge in [0, 0.05) is 25.7 Å². The number of likely N-dealkylation sites (tertiary alicyclic amines) is 1. The molecular formula is C17H18F2N4O2. The molecule has 0 amide bonds. The van der Waals surface area contributed by atoms with Crippen LogP contribution in [-0.2, 0) is 6.54 Å². The molecule has 1 fully saturated rings. The van der Waals surface area contributed by atoms with Gasteiger partial charge in [0.05, 0.1) is 12.4 Å². The van der Waals surface area contributed by atoms with Crippen molar-refractivity contribution in [3.8, 4) is 0 Å². The number of aromatic carboxylic acids is 1. The summed E-state index contributed by atoms with van der Waals surface area (Å²) < 4.78 is 26.2. The van der Waals surface area contributed by atoms with Crippen molar-refractivity contribution in [2.45, 2.75) is 25.4 Å². The smallest absolute Gasteiger partial charge is 0.356 e. The molecule has 0 spiro atoms. The molecule has 6 nitrogen and oxygen atoms in total. The van der Waals surface area contributed by atoms with E-state index in [0.29, 0.717) is 12.4 Å². The van der Waals surface area contributed by atoms with Crippen molar-refractivity contribution in [3.05, 3.63) is 53.5 Å². The maximum Gasteiger partial charge on any atom is 0.356 e. The molecule has 0 radical (unpaired) electrons. The topological polar surface area (TPSA) is 78.3 Å². The zero-order valence-corrected chi connectivity index (χ0v) is 13.5. The van der Waals surface area contributed by atoms with Crippen molar-refractivity contribution in [2.75, 3.05) is 18.4 Å². The second-order valence-electron chi connectivity index (χ2n) is 6.04. The summed E-state index contributed by atoms with van der Waals surface area (Å²) in [5.41, 5.74) is 0.660. The third-order valence-corrected chi connectivity index (χ3v) is 4.20. The van der Waals surface area contributed by atoms with E-state index in [-0.39, 0.29) is 11.7 Å². The van der Waals surface area contributed by atoms with Gasteiger partial charge < -0.3 is 10.4 Å². The summed E-state index contributed by atoms with van der Waals surface area (Å²) >= 11 is 0. The van der Waals surface area contributed by atoms with Crippen molar-refractivity contribution in [1.82, 2.24) is 14.9 Å². The van der Waals surface area contributed by atoms with Gasteiger partial charge in [-0.2, -0.15) is 0 Å². The van der Waals surface area contributed by atoms with Crippen LogP contribution in [-0.4, -0.2) is 45.1 Å². The number of carboxylic acids is 1. The fraction of sp³-hybridized carbons (Fsp3) is 0.353. The van der Waals surface area contributed by atoms with Crippen molar-refractivity contribution in [2.24, 2.45) is 0 Å². The van der Waals surface area contributed by atoms with Gasteiger partial charge in [-0.3, -0.25) is 4.90 Å². The highest BCUT2D eigenvalue weighted by Crippen LogP contribution is 2.18. The number of anilines is 1. The molecule has 2 heterocycles. The molecule has 25 heavy (non-hydrogen) atoms. The van der Waals surface area contributed by atoms with Crippen LogP contribution in [0.25, 0.3) is 0 Å². The lowest BCUT2D eigenvalue weighted by Crippen LogP contribution is -2.38. The molecule has 132 valence electrons. The van der Waals surface area contributed by atoms with Gasteiger partial charge in [-0.05, 0) is 30.5 Å². The Balaban J connectivity index is 1.49.